The van der Waals surface area contributed by atoms with Gasteiger partial charge in [-0.05, 0) is 36.6 Å². The van der Waals surface area contributed by atoms with Gasteiger partial charge in [-0.3, -0.25) is 9.59 Å². The second-order valence-corrected chi connectivity index (χ2v) is 10.5. The molecule has 0 bridgehead atoms. The van der Waals surface area contributed by atoms with E-state index in [-0.39, 0.29) is 12.2 Å². The summed E-state index contributed by atoms with van der Waals surface area (Å²) in [5.41, 5.74) is 2.85. The largest absolute Gasteiger partial charge is 0.486 e. The third kappa shape index (κ3) is 5.37. The van der Waals surface area contributed by atoms with Crippen LogP contribution in [0.2, 0.25) is 0 Å². The molecule has 1 unspecified atom stereocenters. The van der Waals surface area contributed by atoms with Gasteiger partial charge < -0.3 is 9.47 Å². The van der Waals surface area contributed by atoms with Crippen LogP contribution in [0.4, 0.5) is 0 Å². The van der Waals surface area contributed by atoms with Crippen molar-refractivity contribution in [3.05, 3.63) is 35.4 Å². The number of rotatable bonds is 5. The molecule has 2 fully saturated rings. The Morgan fingerprint density at radius 2 is 2.06 bits per heavy atom. The van der Waals surface area contributed by atoms with Crippen LogP contribution in [0.1, 0.15) is 54.4 Å². The lowest BCUT2D eigenvalue weighted by atomic mass is 9.82. The minimum absolute atomic E-state index is 0.0449. The highest BCUT2D eigenvalue weighted by atomic mass is 32.2. The first-order chi connectivity index (χ1) is 15.2. The number of nitrogens with zero attached hydrogens (tertiary/aromatic N) is 1. The van der Waals surface area contributed by atoms with Gasteiger partial charge in [0.1, 0.15) is 11.4 Å². The summed E-state index contributed by atoms with van der Waals surface area (Å²) in [6.07, 6.45) is 7.59. The zero-order valence-corrected chi connectivity index (χ0v) is 18.9. The van der Waals surface area contributed by atoms with E-state index in [0.717, 1.165) is 19.3 Å². The maximum atomic E-state index is 12.9. The SMILES string of the molecule is CS(=O)(=O)N1CCC2(CC1)CC(=O)c1cc(/C=C/C(=O)NOC3CCCCO3)ccc1O2. The van der Waals surface area contributed by atoms with Gasteiger partial charge in [0, 0.05) is 45.0 Å². The normalized spacial score (nSPS) is 23.7. The van der Waals surface area contributed by atoms with E-state index in [4.69, 9.17) is 14.3 Å². The number of carbonyl (C=O) groups excluding carboxylic acids is 2. The molecule has 4 rings (SSSR count). The van der Waals surface area contributed by atoms with E-state index < -0.39 is 27.8 Å². The highest BCUT2D eigenvalue weighted by Gasteiger charge is 2.44. The quantitative estimate of drug-likeness (QED) is 0.524. The third-order valence-electron chi connectivity index (χ3n) is 6.07. The fourth-order valence-corrected chi connectivity index (χ4v) is 5.10. The molecule has 10 heteroatoms. The summed E-state index contributed by atoms with van der Waals surface area (Å²) in [6.45, 7) is 1.30. The molecule has 1 amide bonds. The molecule has 3 aliphatic rings. The number of amides is 1. The number of hydroxylamine groups is 1. The third-order valence-corrected chi connectivity index (χ3v) is 7.38. The Morgan fingerprint density at radius 3 is 2.75 bits per heavy atom. The van der Waals surface area contributed by atoms with Crippen molar-refractivity contribution in [1.29, 1.82) is 0 Å². The number of ketones is 1. The van der Waals surface area contributed by atoms with E-state index in [0.29, 0.717) is 49.4 Å². The lowest BCUT2D eigenvalue weighted by Gasteiger charge is -2.43. The van der Waals surface area contributed by atoms with E-state index in [1.165, 1.54) is 16.6 Å². The predicted octanol–water partition coefficient (Wildman–Crippen LogP) is 2.03. The van der Waals surface area contributed by atoms with E-state index in [1.807, 2.05) is 0 Å². The van der Waals surface area contributed by atoms with E-state index >= 15 is 0 Å². The highest BCUT2D eigenvalue weighted by Crippen LogP contribution is 2.40. The first-order valence-electron chi connectivity index (χ1n) is 10.8. The van der Waals surface area contributed by atoms with Crippen LogP contribution in [-0.2, 0) is 24.4 Å². The number of fused-ring (bicyclic) bond motifs is 1. The topological polar surface area (TPSA) is 111 Å². The number of nitrogens with one attached hydrogen (secondary N) is 1. The Kier molecular flexibility index (Phi) is 6.66. The Balaban J connectivity index is 1.37. The number of piperidine rings is 1. The number of hydrogen-bond donors (Lipinski definition) is 1. The average Bonchev–Trinajstić information content (AvgIpc) is 2.77. The highest BCUT2D eigenvalue weighted by molar-refractivity contribution is 7.88. The fraction of sp³-hybridized carbons (Fsp3) is 0.545. The van der Waals surface area contributed by atoms with Crippen LogP contribution in [0.25, 0.3) is 6.08 Å². The number of Topliss-reactive ketones (excluding diaryl/α,β-unsaturated/α-hetero) is 1. The molecule has 1 aromatic carbocycles. The first kappa shape index (κ1) is 22.9. The summed E-state index contributed by atoms with van der Waals surface area (Å²) in [7, 11) is -3.25. The van der Waals surface area contributed by atoms with Gasteiger partial charge in [0.2, 0.25) is 10.0 Å². The summed E-state index contributed by atoms with van der Waals surface area (Å²) in [5, 5.41) is 0. The second kappa shape index (κ2) is 9.30. The zero-order valence-electron chi connectivity index (χ0n) is 18.0. The van der Waals surface area contributed by atoms with Gasteiger partial charge in [-0.2, -0.15) is 0 Å². The molecule has 0 aliphatic carbocycles. The summed E-state index contributed by atoms with van der Waals surface area (Å²) < 4.78 is 36.5. The second-order valence-electron chi connectivity index (χ2n) is 8.52. The van der Waals surface area contributed by atoms with Crippen molar-refractivity contribution in [2.45, 2.75) is 50.4 Å². The molecule has 0 aromatic heterocycles. The summed E-state index contributed by atoms with van der Waals surface area (Å²) >= 11 is 0. The Bertz CT molecular complexity index is 1010. The van der Waals surface area contributed by atoms with Crippen LogP contribution in [0.5, 0.6) is 5.75 Å². The number of benzene rings is 1. The first-order valence-corrected chi connectivity index (χ1v) is 12.7. The lowest BCUT2D eigenvalue weighted by Crippen LogP contribution is -2.52. The molecule has 174 valence electrons. The summed E-state index contributed by atoms with van der Waals surface area (Å²) in [5.74, 6) is 0.0287. The van der Waals surface area contributed by atoms with Crippen LogP contribution in [0.3, 0.4) is 0 Å². The Morgan fingerprint density at radius 1 is 1.28 bits per heavy atom. The minimum atomic E-state index is -3.25. The molecule has 0 saturated carbocycles. The minimum Gasteiger partial charge on any atom is -0.486 e. The van der Waals surface area contributed by atoms with Crippen LogP contribution >= 0.6 is 0 Å². The number of ether oxygens (including phenoxy) is 2. The molecule has 1 spiro atoms. The van der Waals surface area contributed by atoms with Crippen molar-refractivity contribution in [3.8, 4) is 5.75 Å². The van der Waals surface area contributed by atoms with E-state index in [1.54, 1.807) is 24.3 Å². The molecule has 3 heterocycles. The average molecular weight is 465 g/mol. The summed E-state index contributed by atoms with van der Waals surface area (Å²) in [4.78, 5) is 30.1. The molecule has 3 aliphatic heterocycles. The Hall–Kier alpha value is -2.27. The van der Waals surface area contributed by atoms with Crippen molar-refractivity contribution in [2.75, 3.05) is 26.0 Å². The van der Waals surface area contributed by atoms with Gasteiger partial charge in [-0.25, -0.2) is 23.0 Å². The lowest BCUT2D eigenvalue weighted by molar-refractivity contribution is -0.198. The zero-order chi connectivity index (χ0) is 22.8. The molecular formula is C22H28N2O7S. The van der Waals surface area contributed by atoms with Crippen molar-refractivity contribution in [1.82, 2.24) is 9.79 Å². The molecule has 1 aromatic rings. The van der Waals surface area contributed by atoms with Crippen molar-refractivity contribution < 1.29 is 32.3 Å². The smallest absolute Gasteiger partial charge is 0.267 e. The van der Waals surface area contributed by atoms with Gasteiger partial charge in [0.05, 0.1) is 18.2 Å². The maximum Gasteiger partial charge on any atom is 0.267 e. The van der Waals surface area contributed by atoms with Gasteiger partial charge in [-0.15, -0.1) is 0 Å². The van der Waals surface area contributed by atoms with Crippen LogP contribution in [0, 0.1) is 0 Å². The molecular weight excluding hydrogens is 436 g/mol. The van der Waals surface area contributed by atoms with Crippen molar-refractivity contribution >= 4 is 27.8 Å². The van der Waals surface area contributed by atoms with Crippen LogP contribution < -0.4 is 10.2 Å². The number of hydrogen-bond acceptors (Lipinski definition) is 7. The number of sulfonamides is 1. The molecule has 1 N–H and O–H groups in total. The van der Waals surface area contributed by atoms with Crippen LogP contribution in [-0.4, -0.2) is 62.3 Å². The van der Waals surface area contributed by atoms with Crippen molar-refractivity contribution in [3.63, 3.8) is 0 Å². The molecule has 1 atom stereocenters. The standard InChI is InChI=1S/C22H28N2O7S/c1-32(27,28)24-11-9-22(10-12-24)15-18(25)17-14-16(5-7-19(17)30-22)6-8-20(26)23-31-21-4-2-3-13-29-21/h5-8,14,21H,2-4,9-13,15H2,1H3,(H,23,26)/b8-6+. The monoisotopic (exact) mass is 464 g/mol. The Labute approximate surface area is 187 Å². The van der Waals surface area contributed by atoms with Crippen LogP contribution in [0.15, 0.2) is 24.3 Å². The molecule has 9 nitrogen and oxygen atoms in total. The van der Waals surface area contributed by atoms with Gasteiger partial charge in [0.25, 0.3) is 5.91 Å². The predicted molar refractivity (Wildman–Crippen MR) is 116 cm³/mol. The maximum absolute atomic E-state index is 12.9. The van der Waals surface area contributed by atoms with Gasteiger partial charge >= 0.3 is 0 Å². The van der Waals surface area contributed by atoms with Crippen molar-refractivity contribution in [2.24, 2.45) is 0 Å². The van der Waals surface area contributed by atoms with Gasteiger partial charge in [0.15, 0.2) is 12.1 Å². The van der Waals surface area contributed by atoms with E-state index in [2.05, 4.69) is 5.48 Å². The summed E-state index contributed by atoms with van der Waals surface area (Å²) in [6, 6.07) is 5.19. The molecule has 2 saturated heterocycles. The van der Waals surface area contributed by atoms with Gasteiger partial charge in [-0.1, -0.05) is 6.07 Å². The molecule has 32 heavy (non-hydrogen) atoms. The molecule has 0 radical (unpaired) electrons. The number of carbonyl (C=O) groups is 2. The fourth-order valence-electron chi connectivity index (χ4n) is 4.25. The van der Waals surface area contributed by atoms with E-state index in [9.17, 15) is 18.0 Å².